The zero-order valence-electron chi connectivity index (χ0n) is 15.3. The van der Waals surface area contributed by atoms with Crippen LogP contribution < -0.4 is 5.43 Å². The molecule has 5 rings (SSSR count). The highest BCUT2D eigenvalue weighted by molar-refractivity contribution is 5.97. The molecule has 2 aromatic heterocycles. The van der Waals surface area contributed by atoms with Crippen LogP contribution in [0.4, 0.5) is 0 Å². The van der Waals surface area contributed by atoms with Gasteiger partial charge in [-0.05, 0) is 43.5 Å². The number of piperidine rings is 1. The summed E-state index contributed by atoms with van der Waals surface area (Å²) < 4.78 is 0. The van der Waals surface area contributed by atoms with Crippen LogP contribution in [-0.4, -0.2) is 32.3 Å². The minimum absolute atomic E-state index is 0.153. The van der Waals surface area contributed by atoms with Crippen molar-refractivity contribution in [1.82, 2.24) is 19.9 Å². The van der Waals surface area contributed by atoms with Gasteiger partial charge in [0.25, 0.3) is 5.91 Å². The fraction of sp³-hybridized carbons (Fsp3) is 0.227. The van der Waals surface area contributed by atoms with Gasteiger partial charge >= 0.3 is 0 Å². The molecular formula is C22H20N4O2. The number of nitrogens with one attached hydrogen (secondary N) is 2. The van der Waals surface area contributed by atoms with Crippen LogP contribution in [0.15, 0.2) is 59.5 Å². The first-order valence-electron chi connectivity index (χ1n) is 9.58. The van der Waals surface area contributed by atoms with E-state index in [0.29, 0.717) is 11.9 Å². The summed E-state index contributed by atoms with van der Waals surface area (Å²) in [6.45, 7) is 0.618. The van der Waals surface area contributed by atoms with Gasteiger partial charge in [0.2, 0.25) is 5.43 Å². The van der Waals surface area contributed by atoms with Gasteiger partial charge < -0.3 is 14.9 Å². The number of aromatic nitrogens is 3. The molecule has 0 unspecified atom stereocenters. The van der Waals surface area contributed by atoms with Crippen molar-refractivity contribution >= 4 is 27.8 Å². The molecule has 2 aromatic carbocycles. The molecule has 6 nitrogen and oxygen atoms in total. The molecule has 140 valence electrons. The molecule has 1 aliphatic rings. The number of aromatic amines is 2. The van der Waals surface area contributed by atoms with Crippen LogP contribution in [-0.2, 0) is 0 Å². The number of fused-ring (bicyclic) bond motifs is 2. The lowest BCUT2D eigenvalue weighted by molar-refractivity contribution is 0.0600. The number of carbonyl (C=O) groups is 1. The average Bonchev–Trinajstić information content (AvgIpc) is 3.18. The Kier molecular flexibility index (Phi) is 3.97. The number of H-pyrrole nitrogens is 2. The molecule has 2 N–H and O–H groups in total. The van der Waals surface area contributed by atoms with Gasteiger partial charge in [0.15, 0.2) is 0 Å². The second-order valence-corrected chi connectivity index (χ2v) is 7.23. The zero-order valence-corrected chi connectivity index (χ0v) is 15.3. The maximum absolute atomic E-state index is 13.3. The van der Waals surface area contributed by atoms with E-state index in [9.17, 15) is 9.59 Å². The van der Waals surface area contributed by atoms with E-state index in [1.165, 1.54) is 6.20 Å². The standard InChI is InChI=1S/C22H20N4O2/c27-20-14-7-1-2-8-16(14)23-13-15(20)22(28)26-12-6-5-11-19(26)21-24-17-9-3-4-10-18(17)25-21/h1-4,7-10,13,19H,5-6,11-12H2,(H,23,27)(H,24,25)/t19-/m0/s1. The highest BCUT2D eigenvalue weighted by atomic mass is 16.2. The Labute approximate surface area is 161 Å². The van der Waals surface area contributed by atoms with Gasteiger partial charge in [-0.3, -0.25) is 9.59 Å². The SMILES string of the molecule is O=C(c1c[nH]c2ccccc2c1=O)N1CCCC[C@H]1c1nc2ccccc2[nH]1. The molecule has 1 aliphatic heterocycles. The minimum Gasteiger partial charge on any atom is -0.360 e. The van der Waals surface area contributed by atoms with Crippen molar-refractivity contribution in [2.75, 3.05) is 6.54 Å². The highest BCUT2D eigenvalue weighted by Gasteiger charge is 2.32. The third kappa shape index (κ3) is 2.69. The van der Waals surface area contributed by atoms with E-state index >= 15 is 0 Å². The molecule has 0 spiro atoms. The van der Waals surface area contributed by atoms with E-state index in [4.69, 9.17) is 4.98 Å². The quantitative estimate of drug-likeness (QED) is 0.562. The van der Waals surface area contributed by atoms with Gasteiger partial charge in [-0.25, -0.2) is 4.98 Å². The normalized spacial score (nSPS) is 17.3. The van der Waals surface area contributed by atoms with Crippen molar-refractivity contribution in [2.24, 2.45) is 0 Å². The second-order valence-electron chi connectivity index (χ2n) is 7.23. The van der Waals surface area contributed by atoms with Gasteiger partial charge in [-0.15, -0.1) is 0 Å². The van der Waals surface area contributed by atoms with Gasteiger partial charge in [0, 0.05) is 23.6 Å². The van der Waals surface area contributed by atoms with E-state index in [2.05, 4.69) is 9.97 Å². The molecule has 1 fully saturated rings. The van der Waals surface area contributed by atoms with Crippen LogP contribution in [0.25, 0.3) is 21.9 Å². The molecule has 0 bridgehead atoms. The van der Waals surface area contributed by atoms with Crippen molar-refractivity contribution in [1.29, 1.82) is 0 Å². The van der Waals surface area contributed by atoms with Crippen molar-refractivity contribution in [3.63, 3.8) is 0 Å². The van der Waals surface area contributed by atoms with Crippen LogP contribution in [0.1, 0.15) is 41.5 Å². The van der Waals surface area contributed by atoms with E-state index < -0.39 is 0 Å². The summed E-state index contributed by atoms with van der Waals surface area (Å²) in [5.41, 5.74) is 2.53. The topological polar surface area (TPSA) is 81.8 Å². The summed E-state index contributed by atoms with van der Waals surface area (Å²) in [4.78, 5) is 39.2. The minimum atomic E-state index is -0.239. The third-order valence-corrected chi connectivity index (χ3v) is 5.51. The number of benzene rings is 2. The van der Waals surface area contributed by atoms with Crippen LogP contribution >= 0.6 is 0 Å². The number of imidazole rings is 1. The first kappa shape index (κ1) is 16.7. The summed E-state index contributed by atoms with van der Waals surface area (Å²) in [7, 11) is 0. The van der Waals surface area contributed by atoms with Crippen LogP contribution in [0, 0.1) is 0 Å². The molecule has 1 saturated heterocycles. The number of hydrogen-bond donors (Lipinski definition) is 2. The highest BCUT2D eigenvalue weighted by Crippen LogP contribution is 2.31. The Morgan fingerprint density at radius 1 is 1.04 bits per heavy atom. The van der Waals surface area contributed by atoms with E-state index in [0.717, 1.165) is 41.6 Å². The average molecular weight is 372 g/mol. The molecule has 3 heterocycles. The maximum Gasteiger partial charge on any atom is 0.259 e. The van der Waals surface area contributed by atoms with Gasteiger partial charge in [-0.1, -0.05) is 24.3 Å². The monoisotopic (exact) mass is 372 g/mol. The molecule has 0 saturated carbocycles. The lowest BCUT2D eigenvalue weighted by atomic mass is 10.00. The number of likely N-dealkylation sites (tertiary alicyclic amines) is 1. The first-order valence-corrected chi connectivity index (χ1v) is 9.58. The summed E-state index contributed by atoms with van der Waals surface area (Å²) in [5.74, 6) is 0.545. The van der Waals surface area contributed by atoms with Crippen molar-refractivity contribution in [3.05, 3.63) is 76.3 Å². The van der Waals surface area contributed by atoms with E-state index in [1.807, 2.05) is 42.5 Å². The Morgan fingerprint density at radius 3 is 2.68 bits per heavy atom. The van der Waals surface area contributed by atoms with Crippen LogP contribution in [0.5, 0.6) is 0 Å². The largest absolute Gasteiger partial charge is 0.360 e. The molecule has 0 radical (unpaired) electrons. The lowest BCUT2D eigenvalue weighted by Crippen LogP contribution is -2.40. The molecule has 6 heteroatoms. The zero-order chi connectivity index (χ0) is 19.1. The van der Waals surface area contributed by atoms with Gasteiger partial charge in [0.1, 0.15) is 11.4 Å². The fourth-order valence-corrected chi connectivity index (χ4v) is 4.07. The maximum atomic E-state index is 13.3. The number of para-hydroxylation sites is 3. The Balaban J connectivity index is 1.55. The van der Waals surface area contributed by atoms with Crippen molar-refractivity contribution < 1.29 is 4.79 Å². The van der Waals surface area contributed by atoms with Crippen LogP contribution in [0.2, 0.25) is 0 Å². The molecule has 0 aliphatic carbocycles. The van der Waals surface area contributed by atoms with Crippen molar-refractivity contribution in [2.45, 2.75) is 25.3 Å². The van der Waals surface area contributed by atoms with E-state index in [1.54, 1.807) is 11.0 Å². The smallest absolute Gasteiger partial charge is 0.259 e. The number of pyridine rings is 1. The molecule has 1 amide bonds. The summed E-state index contributed by atoms with van der Waals surface area (Å²) in [6, 6.07) is 15.0. The van der Waals surface area contributed by atoms with Gasteiger partial charge in [-0.2, -0.15) is 0 Å². The predicted octanol–water partition coefficient (Wildman–Crippen LogP) is 3.77. The third-order valence-electron chi connectivity index (χ3n) is 5.51. The first-order chi connectivity index (χ1) is 13.7. The second kappa shape index (κ2) is 6.64. The summed E-state index contributed by atoms with van der Waals surface area (Å²) in [5, 5.41) is 0.533. The predicted molar refractivity (Wildman–Crippen MR) is 108 cm³/mol. The Bertz CT molecular complexity index is 1210. The number of carbonyl (C=O) groups excluding carboxylic acids is 1. The summed E-state index contributed by atoms with van der Waals surface area (Å²) in [6.07, 6.45) is 4.32. The number of nitrogens with zero attached hydrogens (tertiary/aromatic N) is 2. The van der Waals surface area contributed by atoms with Crippen molar-refractivity contribution in [3.8, 4) is 0 Å². The molecule has 28 heavy (non-hydrogen) atoms. The summed E-state index contributed by atoms with van der Waals surface area (Å²) >= 11 is 0. The number of rotatable bonds is 2. The number of hydrogen-bond acceptors (Lipinski definition) is 3. The van der Waals surface area contributed by atoms with E-state index in [-0.39, 0.29) is 22.9 Å². The molecular weight excluding hydrogens is 352 g/mol. The lowest BCUT2D eigenvalue weighted by Gasteiger charge is -2.34. The molecule has 1 atom stereocenters. The molecule has 4 aromatic rings. The number of amides is 1. The Morgan fingerprint density at radius 2 is 1.82 bits per heavy atom. The van der Waals surface area contributed by atoms with Gasteiger partial charge in [0.05, 0.1) is 17.1 Å². The Hall–Kier alpha value is -3.41. The fourth-order valence-electron chi connectivity index (χ4n) is 4.07. The van der Waals surface area contributed by atoms with Crippen LogP contribution in [0.3, 0.4) is 0 Å².